The van der Waals surface area contributed by atoms with E-state index in [1.54, 1.807) is 0 Å². The van der Waals surface area contributed by atoms with Crippen molar-refractivity contribution in [3.8, 4) is 0 Å². The van der Waals surface area contributed by atoms with Gasteiger partial charge in [0.2, 0.25) is 0 Å². The highest BCUT2D eigenvalue weighted by molar-refractivity contribution is 9.10. The third-order valence-electron chi connectivity index (χ3n) is 3.25. The molecule has 1 fully saturated rings. The van der Waals surface area contributed by atoms with Crippen LogP contribution in [-0.2, 0) is 0 Å². The monoisotopic (exact) mass is 267 g/mol. The highest BCUT2D eigenvalue weighted by atomic mass is 79.9. The van der Waals surface area contributed by atoms with Gasteiger partial charge in [-0.1, -0.05) is 34.5 Å². The number of rotatable bonds is 1. The van der Waals surface area contributed by atoms with Crippen molar-refractivity contribution in [3.63, 3.8) is 0 Å². The fourth-order valence-electron chi connectivity index (χ4n) is 2.32. The minimum atomic E-state index is 0.549. The first-order valence-corrected chi connectivity index (χ1v) is 6.48. The number of aryl methyl sites for hydroxylation is 2. The van der Waals surface area contributed by atoms with Crippen molar-refractivity contribution in [2.45, 2.75) is 39.2 Å². The summed E-state index contributed by atoms with van der Waals surface area (Å²) in [6, 6.07) is 4.96. The van der Waals surface area contributed by atoms with Crippen LogP contribution in [0.5, 0.6) is 0 Å². The first-order chi connectivity index (χ1) is 7.20. The molecule has 82 valence electrons. The van der Waals surface area contributed by atoms with Crippen LogP contribution in [0.1, 0.15) is 42.0 Å². The zero-order valence-corrected chi connectivity index (χ0v) is 11.0. The quantitative estimate of drug-likeness (QED) is 0.815. The summed E-state index contributed by atoms with van der Waals surface area (Å²) in [5, 5.41) is 3.61. The van der Waals surface area contributed by atoms with Gasteiger partial charge in [-0.05, 0) is 49.9 Å². The van der Waals surface area contributed by atoms with Gasteiger partial charge in [0.05, 0.1) is 0 Å². The van der Waals surface area contributed by atoms with Crippen molar-refractivity contribution >= 4 is 15.9 Å². The molecule has 1 saturated heterocycles. The van der Waals surface area contributed by atoms with Crippen LogP contribution in [-0.4, -0.2) is 6.54 Å². The molecular formula is C13H18BrN. The Morgan fingerprint density at radius 3 is 2.60 bits per heavy atom. The van der Waals surface area contributed by atoms with Crippen LogP contribution >= 0.6 is 15.9 Å². The molecule has 1 unspecified atom stereocenters. The average Bonchev–Trinajstić information content (AvgIpc) is 2.26. The van der Waals surface area contributed by atoms with E-state index in [1.807, 2.05) is 0 Å². The fourth-order valence-corrected chi connectivity index (χ4v) is 3.05. The molecule has 0 aliphatic carbocycles. The molecule has 1 nitrogen and oxygen atoms in total. The van der Waals surface area contributed by atoms with Crippen molar-refractivity contribution < 1.29 is 0 Å². The molecule has 0 saturated carbocycles. The van der Waals surface area contributed by atoms with E-state index in [9.17, 15) is 0 Å². The Morgan fingerprint density at radius 2 is 1.93 bits per heavy atom. The van der Waals surface area contributed by atoms with Crippen LogP contribution in [0, 0.1) is 13.8 Å². The van der Waals surface area contributed by atoms with Gasteiger partial charge < -0.3 is 5.32 Å². The third-order valence-corrected chi connectivity index (χ3v) is 4.30. The molecule has 1 aromatic rings. The Balaban J connectivity index is 2.36. The molecule has 0 aromatic heterocycles. The maximum absolute atomic E-state index is 3.73. The second-order valence-corrected chi connectivity index (χ2v) is 5.22. The number of nitrogens with one attached hydrogen (secondary N) is 1. The van der Waals surface area contributed by atoms with Gasteiger partial charge in [-0.15, -0.1) is 0 Å². The highest BCUT2D eigenvalue weighted by Crippen LogP contribution is 2.33. The Morgan fingerprint density at radius 1 is 1.20 bits per heavy atom. The Bertz CT molecular complexity index is 354. The van der Waals surface area contributed by atoms with Crippen LogP contribution in [0.3, 0.4) is 0 Å². The second kappa shape index (κ2) is 4.67. The summed E-state index contributed by atoms with van der Waals surface area (Å²) in [5.74, 6) is 0. The van der Waals surface area contributed by atoms with Gasteiger partial charge in [0.1, 0.15) is 0 Å². The van der Waals surface area contributed by atoms with Crippen LogP contribution in [0.25, 0.3) is 0 Å². The Labute approximate surface area is 100 Å². The third kappa shape index (κ3) is 2.26. The summed E-state index contributed by atoms with van der Waals surface area (Å²) in [6.07, 6.45) is 3.93. The minimum absolute atomic E-state index is 0.549. The molecule has 2 heteroatoms. The Hall–Kier alpha value is -0.340. The summed E-state index contributed by atoms with van der Waals surface area (Å²) in [5.41, 5.74) is 4.20. The van der Waals surface area contributed by atoms with E-state index < -0.39 is 0 Å². The molecule has 1 aliphatic rings. The zero-order chi connectivity index (χ0) is 10.8. The van der Waals surface area contributed by atoms with Crippen LogP contribution in [0.2, 0.25) is 0 Å². The zero-order valence-electron chi connectivity index (χ0n) is 9.44. The normalized spacial score (nSPS) is 21.7. The van der Waals surface area contributed by atoms with E-state index in [1.165, 1.54) is 40.4 Å². The lowest BCUT2D eigenvalue weighted by atomic mass is 9.93. The van der Waals surface area contributed by atoms with Gasteiger partial charge in [0, 0.05) is 10.5 Å². The number of benzene rings is 1. The standard InChI is InChI=1S/C13H18BrN/c1-9-6-7-10(2)13(14)12(9)11-5-3-4-8-15-11/h6-7,11,15H,3-5,8H2,1-2H3. The van der Waals surface area contributed by atoms with E-state index in [0.717, 1.165) is 6.54 Å². The van der Waals surface area contributed by atoms with E-state index >= 15 is 0 Å². The van der Waals surface area contributed by atoms with Crippen molar-refractivity contribution in [2.75, 3.05) is 6.54 Å². The summed E-state index contributed by atoms with van der Waals surface area (Å²) in [6.45, 7) is 5.52. The summed E-state index contributed by atoms with van der Waals surface area (Å²) in [4.78, 5) is 0. The Kier molecular flexibility index (Phi) is 3.47. The van der Waals surface area contributed by atoms with Crippen molar-refractivity contribution in [1.29, 1.82) is 0 Å². The lowest BCUT2D eigenvalue weighted by Crippen LogP contribution is -2.27. The van der Waals surface area contributed by atoms with E-state index in [0.29, 0.717) is 6.04 Å². The van der Waals surface area contributed by atoms with Gasteiger partial charge >= 0.3 is 0 Å². The van der Waals surface area contributed by atoms with Gasteiger partial charge in [-0.25, -0.2) is 0 Å². The molecule has 1 aliphatic heterocycles. The fraction of sp³-hybridized carbons (Fsp3) is 0.538. The van der Waals surface area contributed by atoms with E-state index in [-0.39, 0.29) is 0 Å². The molecule has 0 spiro atoms. The van der Waals surface area contributed by atoms with Gasteiger partial charge in [0.15, 0.2) is 0 Å². The van der Waals surface area contributed by atoms with Crippen LogP contribution in [0.4, 0.5) is 0 Å². The largest absolute Gasteiger partial charge is 0.310 e. The molecule has 1 heterocycles. The number of halogens is 1. The lowest BCUT2D eigenvalue weighted by molar-refractivity contribution is 0.410. The van der Waals surface area contributed by atoms with Crippen LogP contribution in [0.15, 0.2) is 16.6 Å². The van der Waals surface area contributed by atoms with Gasteiger partial charge in [-0.2, -0.15) is 0 Å². The van der Waals surface area contributed by atoms with Crippen molar-refractivity contribution in [3.05, 3.63) is 33.3 Å². The molecule has 1 aromatic carbocycles. The first-order valence-electron chi connectivity index (χ1n) is 5.69. The molecular weight excluding hydrogens is 250 g/mol. The van der Waals surface area contributed by atoms with Crippen LogP contribution < -0.4 is 5.32 Å². The summed E-state index contributed by atoms with van der Waals surface area (Å²) in [7, 11) is 0. The molecule has 15 heavy (non-hydrogen) atoms. The highest BCUT2D eigenvalue weighted by Gasteiger charge is 2.19. The molecule has 2 rings (SSSR count). The predicted molar refractivity (Wildman–Crippen MR) is 68.2 cm³/mol. The second-order valence-electron chi connectivity index (χ2n) is 4.43. The molecule has 0 amide bonds. The smallest absolute Gasteiger partial charge is 0.0334 e. The summed E-state index contributed by atoms with van der Waals surface area (Å²) < 4.78 is 1.29. The molecule has 1 N–H and O–H groups in total. The minimum Gasteiger partial charge on any atom is -0.310 e. The first kappa shape index (κ1) is 11.2. The maximum atomic E-state index is 3.73. The van der Waals surface area contributed by atoms with Crippen molar-refractivity contribution in [2.24, 2.45) is 0 Å². The van der Waals surface area contributed by atoms with E-state index in [4.69, 9.17) is 0 Å². The molecule has 0 bridgehead atoms. The predicted octanol–water partition coefficient (Wildman–Crippen LogP) is 3.88. The average molecular weight is 268 g/mol. The number of hydrogen-bond donors (Lipinski definition) is 1. The molecule has 1 atom stereocenters. The van der Waals surface area contributed by atoms with Gasteiger partial charge in [0.25, 0.3) is 0 Å². The van der Waals surface area contributed by atoms with Crippen molar-refractivity contribution in [1.82, 2.24) is 5.32 Å². The van der Waals surface area contributed by atoms with Gasteiger partial charge in [-0.3, -0.25) is 0 Å². The number of hydrogen-bond acceptors (Lipinski definition) is 1. The number of piperidine rings is 1. The summed E-state index contributed by atoms with van der Waals surface area (Å²) >= 11 is 3.73. The maximum Gasteiger partial charge on any atom is 0.0334 e. The lowest BCUT2D eigenvalue weighted by Gasteiger charge is -2.27. The van der Waals surface area contributed by atoms with E-state index in [2.05, 4.69) is 47.2 Å². The topological polar surface area (TPSA) is 12.0 Å². The SMILES string of the molecule is Cc1ccc(C)c(C2CCCCN2)c1Br. The molecule has 0 radical (unpaired) electrons.